The zero-order chi connectivity index (χ0) is 28.5. The highest BCUT2D eigenvalue weighted by molar-refractivity contribution is 7.88. The predicted octanol–water partition coefficient (Wildman–Crippen LogP) is 2.48. The molecular formula is C27H32N4O6S2. The van der Waals surface area contributed by atoms with Crippen molar-refractivity contribution in [3.8, 4) is 0 Å². The van der Waals surface area contributed by atoms with Crippen molar-refractivity contribution in [2.24, 2.45) is 0 Å². The first-order valence-corrected chi connectivity index (χ1v) is 16.1. The summed E-state index contributed by atoms with van der Waals surface area (Å²) in [5, 5.41) is 7.80. The number of piperazine rings is 1. The van der Waals surface area contributed by atoms with Gasteiger partial charge in [-0.05, 0) is 47.9 Å². The van der Waals surface area contributed by atoms with Crippen molar-refractivity contribution in [1.82, 2.24) is 13.9 Å². The molecule has 1 saturated heterocycles. The maximum Gasteiger partial charge on any atom is 0.252 e. The van der Waals surface area contributed by atoms with Crippen LogP contribution in [0.15, 0.2) is 60.7 Å². The normalized spacial score (nSPS) is 18.0. The van der Waals surface area contributed by atoms with Gasteiger partial charge < -0.3 is 10.6 Å². The Morgan fingerprint density at radius 3 is 2.31 bits per heavy atom. The SMILES string of the molecule is Cc1ccc(NC(=O)C2CN(S(C)(=O)=O)CCN2S(C)(=O)=O)cc1C(=O)N[C@H](C)c1cccc2ccccc12. The summed E-state index contributed by atoms with van der Waals surface area (Å²) >= 11 is 0. The molecule has 10 nitrogen and oxygen atoms in total. The molecule has 0 aromatic heterocycles. The predicted molar refractivity (Wildman–Crippen MR) is 151 cm³/mol. The second-order valence-electron chi connectivity index (χ2n) is 9.79. The van der Waals surface area contributed by atoms with Crippen LogP contribution in [-0.2, 0) is 24.8 Å². The van der Waals surface area contributed by atoms with Crippen molar-refractivity contribution < 1.29 is 26.4 Å². The van der Waals surface area contributed by atoms with Gasteiger partial charge >= 0.3 is 0 Å². The minimum absolute atomic E-state index is 0.0422. The summed E-state index contributed by atoms with van der Waals surface area (Å²) in [4.78, 5) is 26.5. The third-order valence-electron chi connectivity index (χ3n) is 6.88. The fourth-order valence-corrected chi connectivity index (χ4v) is 6.67. The topological polar surface area (TPSA) is 133 Å². The van der Waals surface area contributed by atoms with Gasteiger partial charge in [0.05, 0.1) is 18.6 Å². The maximum absolute atomic E-state index is 13.3. The van der Waals surface area contributed by atoms with Gasteiger partial charge in [-0.25, -0.2) is 16.8 Å². The minimum Gasteiger partial charge on any atom is -0.345 e. The summed E-state index contributed by atoms with van der Waals surface area (Å²) in [6.45, 7) is 3.19. The molecule has 2 N–H and O–H groups in total. The second-order valence-corrected chi connectivity index (χ2v) is 13.7. The van der Waals surface area contributed by atoms with Crippen molar-refractivity contribution in [2.75, 3.05) is 37.5 Å². The van der Waals surface area contributed by atoms with Gasteiger partial charge in [-0.1, -0.05) is 48.5 Å². The van der Waals surface area contributed by atoms with Crippen LogP contribution in [0.5, 0.6) is 0 Å². The zero-order valence-electron chi connectivity index (χ0n) is 22.2. The highest BCUT2D eigenvalue weighted by Gasteiger charge is 2.40. The van der Waals surface area contributed by atoms with E-state index in [-0.39, 0.29) is 31.6 Å². The van der Waals surface area contributed by atoms with Crippen molar-refractivity contribution >= 4 is 48.3 Å². The number of benzene rings is 3. The number of carbonyl (C=O) groups is 2. The van der Waals surface area contributed by atoms with E-state index in [4.69, 9.17) is 0 Å². The lowest BCUT2D eigenvalue weighted by atomic mass is 9.99. The molecule has 1 unspecified atom stereocenters. The second kappa shape index (κ2) is 11.0. The fraction of sp³-hybridized carbons (Fsp3) is 0.333. The molecule has 3 aromatic rings. The van der Waals surface area contributed by atoms with E-state index >= 15 is 0 Å². The largest absolute Gasteiger partial charge is 0.345 e. The molecule has 1 fully saturated rings. The number of hydrogen-bond acceptors (Lipinski definition) is 6. The summed E-state index contributed by atoms with van der Waals surface area (Å²) in [5.41, 5.74) is 2.30. The van der Waals surface area contributed by atoms with Gasteiger partial charge in [-0.15, -0.1) is 0 Å². The summed E-state index contributed by atoms with van der Waals surface area (Å²) in [6.07, 6.45) is 2.00. The number of nitrogens with one attached hydrogen (secondary N) is 2. The van der Waals surface area contributed by atoms with Crippen molar-refractivity contribution in [2.45, 2.75) is 25.9 Å². The summed E-state index contributed by atoms with van der Waals surface area (Å²) in [5.74, 6) is -1.02. The Morgan fingerprint density at radius 2 is 1.62 bits per heavy atom. The average Bonchev–Trinajstić information content (AvgIpc) is 2.87. The van der Waals surface area contributed by atoms with Gasteiger partial charge in [0.25, 0.3) is 5.91 Å². The third kappa shape index (κ3) is 6.47. The van der Waals surface area contributed by atoms with Gasteiger partial charge in [0.1, 0.15) is 6.04 Å². The van der Waals surface area contributed by atoms with E-state index in [0.717, 1.165) is 37.5 Å². The average molecular weight is 573 g/mol. The lowest BCUT2D eigenvalue weighted by Gasteiger charge is -2.37. The third-order valence-corrected chi connectivity index (χ3v) is 9.44. The molecule has 3 aromatic carbocycles. The van der Waals surface area contributed by atoms with Gasteiger partial charge in [-0.3, -0.25) is 9.59 Å². The number of hydrogen-bond donors (Lipinski definition) is 2. The first-order valence-electron chi connectivity index (χ1n) is 12.4. The lowest BCUT2D eigenvalue weighted by molar-refractivity contribution is -0.120. The van der Waals surface area contributed by atoms with Crippen LogP contribution in [0.25, 0.3) is 10.8 Å². The fourth-order valence-electron chi connectivity index (χ4n) is 4.80. The molecule has 1 heterocycles. The molecule has 1 aliphatic rings. The van der Waals surface area contributed by atoms with Gasteiger partial charge in [0.2, 0.25) is 26.0 Å². The molecule has 2 atom stereocenters. The number of sulfonamides is 2. The number of aryl methyl sites for hydroxylation is 1. The van der Waals surface area contributed by atoms with E-state index in [9.17, 15) is 26.4 Å². The Bertz CT molecular complexity index is 1630. The molecule has 0 saturated carbocycles. The molecule has 208 valence electrons. The van der Waals surface area contributed by atoms with E-state index in [1.807, 2.05) is 49.4 Å². The van der Waals surface area contributed by atoms with E-state index in [1.54, 1.807) is 19.1 Å². The Labute approximate surface area is 229 Å². The summed E-state index contributed by atoms with van der Waals surface area (Å²) in [6, 6.07) is 17.1. The van der Waals surface area contributed by atoms with E-state index < -0.39 is 32.0 Å². The first kappa shape index (κ1) is 28.7. The van der Waals surface area contributed by atoms with Crippen LogP contribution in [0, 0.1) is 6.92 Å². The molecule has 2 amide bonds. The minimum atomic E-state index is -3.78. The zero-order valence-corrected chi connectivity index (χ0v) is 23.8. The molecule has 1 aliphatic heterocycles. The maximum atomic E-state index is 13.3. The number of nitrogens with zero attached hydrogens (tertiary/aromatic N) is 2. The Kier molecular flexibility index (Phi) is 8.12. The van der Waals surface area contributed by atoms with Crippen LogP contribution in [0.1, 0.15) is 34.5 Å². The molecule has 0 spiro atoms. The van der Waals surface area contributed by atoms with Crippen LogP contribution >= 0.6 is 0 Å². The number of anilines is 1. The number of amides is 2. The Hall–Kier alpha value is -3.32. The van der Waals surface area contributed by atoms with Crippen LogP contribution in [0.3, 0.4) is 0 Å². The summed E-state index contributed by atoms with van der Waals surface area (Å²) in [7, 11) is -7.41. The molecule has 12 heteroatoms. The molecule has 39 heavy (non-hydrogen) atoms. The number of rotatable bonds is 7. The van der Waals surface area contributed by atoms with Crippen molar-refractivity contribution in [3.05, 3.63) is 77.4 Å². The van der Waals surface area contributed by atoms with Gasteiger partial charge in [-0.2, -0.15) is 8.61 Å². The smallest absolute Gasteiger partial charge is 0.252 e. The molecular weight excluding hydrogens is 540 g/mol. The molecule has 4 rings (SSSR count). The molecule has 0 aliphatic carbocycles. The molecule has 0 radical (unpaired) electrons. The summed E-state index contributed by atoms with van der Waals surface area (Å²) < 4.78 is 50.9. The Balaban J connectivity index is 1.54. The van der Waals surface area contributed by atoms with Crippen molar-refractivity contribution in [3.63, 3.8) is 0 Å². The van der Waals surface area contributed by atoms with Gasteiger partial charge in [0.15, 0.2) is 0 Å². The monoisotopic (exact) mass is 572 g/mol. The van der Waals surface area contributed by atoms with E-state index in [2.05, 4.69) is 10.6 Å². The first-order chi connectivity index (χ1) is 18.3. The van der Waals surface area contributed by atoms with Crippen LogP contribution in [0.4, 0.5) is 5.69 Å². The lowest BCUT2D eigenvalue weighted by Crippen LogP contribution is -2.60. The van der Waals surface area contributed by atoms with E-state index in [1.165, 1.54) is 6.07 Å². The van der Waals surface area contributed by atoms with Crippen molar-refractivity contribution in [1.29, 1.82) is 0 Å². The highest BCUT2D eigenvalue weighted by Crippen LogP contribution is 2.25. The Morgan fingerprint density at radius 1 is 0.923 bits per heavy atom. The van der Waals surface area contributed by atoms with Gasteiger partial charge in [0, 0.05) is 30.9 Å². The van der Waals surface area contributed by atoms with Crippen LogP contribution in [0.2, 0.25) is 0 Å². The number of carbonyl (C=O) groups excluding carboxylic acids is 2. The molecule has 0 bridgehead atoms. The quantitative estimate of drug-likeness (QED) is 0.447. The standard InChI is InChI=1S/C27H32N4O6S2/c1-18-12-13-21(29-27(33)25-17-30(38(3,34)35)14-15-31(25)39(4,36)37)16-24(18)26(32)28-19(2)22-11-7-9-20-8-5-6-10-23(20)22/h5-13,16,19,25H,14-15,17H2,1-4H3,(H,28,32)(H,29,33)/t19-,25?/m1/s1. The highest BCUT2D eigenvalue weighted by atomic mass is 32.2. The van der Waals surface area contributed by atoms with Crippen LogP contribution < -0.4 is 10.6 Å². The number of fused-ring (bicyclic) bond motifs is 1. The van der Waals surface area contributed by atoms with Crippen LogP contribution in [-0.4, -0.2) is 75.4 Å². The van der Waals surface area contributed by atoms with E-state index in [0.29, 0.717) is 16.8 Å².